The number of carbonyl (C=O) groups is 2. The Balaban J connectivity index is 2.13. The molecule has 1 rings (SSSR count). The van der Waals surface area contributed by atoms with E-state index in [-0.39, 0.29) is 12.5 Å². The smallest absolute Gasteiger partial charge is 0.303 e. The minimum atomic E-state index is -3.59. The van der Waals surface area contributed by atoms with E-state index in [0.29, 0.717) is 18.9 Å². The van der Waals surface area contributed by atoms with Crippen molar-refractivity contribution in [2.75, 3.05) is 12.3 Å². The van der Waals surface area contributed by atoms with Crippen molar-refractivity contribution < 1.29 is 23.1 Å². The zero-order chi connectivity index (χ0) is 18.0. The van der Waals surface area contributed by atoms with Crippen molar-refractivity contribution >= 4 is 21.9 Å². The van der Waals surface area contributed by atoms with Crippen LogP contribution < -0.4 is 10.0 Å². The van der Waals surface area contributed by atoms with Gasteiger partial charge in [0.15, 0.2) is 0 Å². The average molecular weight is 362 g/mol. The van der Waals surface area contributed by atoms with Crippen LogP contribution in [0.1, 0.15) is 64.7 Å². The standard InChI is InChI=1S/C16H30N2O5S/c1-13-7-9-14(10-8-13)18-24(22,23)12-15(19)17-11-5-3-2-4-6-16(20)21/h13-14,18H,2-12H2,1H3,(H,17,19)(H,20,21). The third-order valence-corrected chi connectivity index (χ3v) is 5.66. The molecule has 0 spiro atoms. The first-order valence-electron chi connectivity index (χ1n) is 8.77. The van der Waals surface area contributed by atoms with Crippen LogP contribution in [0, 0.1) is 5.92 Å². The van der Waals surface area contributed by atoms with Crippen molar-refractivity contribution in [2.24, 2.45) is 5.92 Å². The second-order valence-corrected chi connectivity index (χ2v) is 8.50. The number of sulfonamides is 1. The van der Waals surface area contributed by atoms with Gasteiger partial charge in [0.05, 0.1) is 0 Å². The molecule has 1 saturated carbocycles. The highest BCUT2D eigenvalue weighted by Crippen LogP contribution is 2.23. The molecule has 140 valence electrons. The second kappa shape index (κ2) is 10.7. The van der Waals surface area contributed by atoms with E-state index in [1.54, 1.807) is 0 Å². The largest absolute Gasteiger partial charge is 0.481 e. The van der Waals surface area contributed by atoms with E-state index in [1.165, 1.54) is 0 Å². The van der Waals surface area contributed by atoms with Gasteiger partial charge in [-0.15, -0.1) is 0 Å². The van der Waals surface area contributed by atoms with Gasteiger partial charge in [-0.2, -0.15) is 0 Å². The highest BCUT2D eigenvalue weighted by Gasteiger charge is 2.24. The number of carbonyl (C=O) groups excluding carboxylic acids is 1. The lowest BCUT2D eigenvalue weighted by molar-refractivity contribution is -0.137. The van der Waals surface area contributed by atoms with Crippen LogP contribution in [-0.2, 0) is 19.6 Å². The van der Waals surface area contributed by atoms with Gasteiger partial charge in [0.1, 0.15) is 5.75 Å². The fourth-order valence-corrected chi connectivity index (χ4v) is 4.15. The maximum absolute atomic E-state index is 12.0. The lowest BCUT2D eigenvalue weighted by Gasteiger charge is -2.26. The van der Waals surface area contributed by atoms with Gasteiger partial charge in [-0.05, 0) is 44.4 Å². The summed E-state index contributed by atoms with van der Waals surface area (Å²) >= 11 is 0. The Hall–Kier alpha value is -1.15. The van der Waals surface area contributed by atoms with Crippen LogP contribution in [0.5, 0.6) is 0 Å². The number of unbranched alkanes of at least 4 members (excludes halogenated alkanes) is 3. The molecule has 1 aliphatic rings. The van der Waals surface area contributed by atoms with E-state index in [1.807, 2.05) is 0 Å². The molecule has 0 heterocycles. The highest BCUT2D eigenvalue weighted by atomic mass is 32.2. The predicted octanol–water partition coefficient (Wildman–Crippen LogP) is 1.64. The highest BCUT2D eigenvalue weighted by molar-refractivity contribution is 7.90. The summed E-state index contributed by atoms with van der Waals surface area (Å²) < 4.78 is 26.6. The van der Waals surface area contributed by atoms with Crippen molar-refractivity contribution in [3.63, 3.8) is 0 Å². The molecule has 0 aliphatic heterocycles. The molecule has 0 unspecified atom stereocenters. The van der Waals surface area contributed by atoms with Crippen molar-refractivity contribution in [1.29, 1.82) is 0 Å². The normalized spacial score (nSPS) is 21.4. The molecule has 0 saturated heterocycles. The molecule has 0 bridgehead atoms. The third-order valence-electron chi connectivity index (χ3n) is 4.32. The van der Waals surface area contributed by atoms with Crippen LogP contribution in [0.4, 0.5) is 0 Å². The van der Waals surface area contributed by atoms with E-state index in [9.17, 15) is 18.0 Å². The average Bonchev–Trinajstić information content (AvgIpc) is 2.47. The Morgan fingerprint density at radius 3 is 2.29 bits per heavy atom. The van der Waals surface area contributed by atoms with Crippen molar-refractivity contribution in [1.82, 2.24) is 10.0 Å². The molecule has 0 atom stereocenters. The topological polar surface area (TPSA) is 113 Å². The molecule has 0 aromatic heterocycles. The molecule has 0 radical (unpaired) electrons. The van der Waals surface area contributed by atoms with E-state index in [4.69, 9.17) is 5.11 Å². The van der Waals surface area contributed by atoms with E-state index in [0.717, 1.165) is 44.9 Å². The van der Waals surface area contributed by atoms with Gasteiger partial charge in [0, 0.05) is 19.0 Å². The zero-order valence-corrected chi connectivity index (χ0v) is 15.2. The first-order chi connectivity index (χ1) is 11.3. The molecular formula is C16H30N2O5S. The minimum Gasteiger partial charge on any atom is -0.481 e. The number of amides is 1. The van der Waals surface area contributed by atoms with Crippen LogP contribution in [0.25, 0.3) is 0 Å². The van der Waals surface area contributed by atoms with Crippen molar-refractivity contribution in [3.8, 4) is 0 Å². The first-order valence-corrected chi connectivity index (χ1v) is 10.4. The number of nitrogens with one attached hydrogen (secondary N) is 2. The summed E-state index contributed by atoms with van der Waals surface area (Å²) in [7, 11) is -3.59. The summed E-state index contributed by atoms with van der Waals surface area (Å²) in [5.41, 5.74) is 0. The lowest BCUT2D eigenvalue weighted by atomic mass is 9.88. The number of hydrogen-bond donors (Lipinski definition) is 3. The molecule has 7 nitrogen and oxygen atoms in total. The zero-order valence-electron chi connectivity index (χ0n) is 14.4. The lowest BCUT2D eigenvalue weighted by Crippen LogP contribution is -2.42. The monoisotopic (exact) mass is 362 g/mol. The van der Waals surface area contributed by atoms with E-state index in [2.05, 4.69) is 17.0 Å². The molecule has 3 N–H and O–H groups in total. The minimum absolute atomic E-state index is 0.0479. The molecule has 1 amide bonds. The summed E-state index contributed by atoms with van der Waals surface area (Å²) in [5.74, 6) is -1.17. The Morgan fingerprint density at radius 2 is 1.67 bits per heavy atom. The Kier molecular flexibility index (Phi) is 9.28. The van der Waals surface area contributed by atoms with Crippen LogP contribution >= 0.6 is 0 Å². The summed E-state index contributed by atoms with van der Waals surface area (Å²) in [6, 6.07) is -0.0479. The van der Waals surface area contributed by atoms with Crippen LogP contribution in [-0.4, -0.2) is 43.7 Å². The van der Waals surface area contributed by atoms with Crippen LogP contribution in [0.15, 0.2) is 0 Å². The Morgan fingerprint density at radius 1 is 1.04 bits per heavy atom. The summed E-state index contributed by atoms with van der Waals surface area (Å²) in [6.45, 7) is 2.59. The van der Waals surface area contributed by atoms with Gasteiger partial charge in [-0.25, -0.2) is 13.1 Å². The van der Waals surface area contributed by atoms with Gasteiger partial charge in [-0.3, -0.25) is 9.59 Å². The SMILES string of the molecule is CC1CCC(NS(=O)(=O)CC(=O)NCCCCCCC(=O)O)CC1. The number of carboxylic acid groups (broad SMARTS) is 1. The fraction of sp³-hybridized carbons (Fsp3) is 0.875. The van der Waals surface area contributed by atoms with E-state index < -0.39 is 27.7 Å². The summed E-state index contributed by atoms with van der Waals surface area (Å²) in [5, 5.41) is 11.1. The predicted molar refractivity (Wildman–Crippen MR) is 92.1 cm³/mol. The second-order valence-electron chi connectivity index (χ2n) is 6.74. The third kappa shape index (κ3) is 9.87. The molecule has 1 fully saturated rings. The van der Waals surface area contributed by atoms with Crippen molar-refractivity contribution in [3.05, 3.63) is 0 Å². The summed E-state index contributed by atoms with van der Waals surface area (Å²) in [4.78, 5) is 22.1. The fourth-order valence-electron chi connectivity index (χ4n) is 2.88. The quantitative estimate of drug-likeness (QED) is 0.484. The number of hydrogen-bond acceptors (Lipinski definition) is 4. The van der Waals surface area contributed by atoms with Gasteiger partial charge in [0.25, 0.3) is 0 Å². The number of rotatable bonds is 11. The van der Waals surface area contributed by atoms with Gasteiger partial charge in [0.2, 0.25) is 15.9 Å². The molecule has 0 aromatic carbocycles. The molecule has 24 heavy (non-hydrogen) atoms. The molecule has 0 aromatic rings. The first kappa shape index (κ1) is 20.9. The molecule has 8 heteroatoms. The van der Waals surface area contributed by atoms with Gasteiger partial charge in [-0.1, -0.05) is 19.8 Å². The maximum Gasteiger partial charge on any atom is 0.303 e. The van der Waals surface area contributed by atoms with Crippen LogP contribution in [0.2, 0.25) is 0 Å². The van der Waals surface area contributed by atoms with E-state index >= 15 is 0 Å². The van der Waals surface area contributed by atoms with Gasteiger partial charge >= 0.3 is 5.97 Å². The van der Waals surface area contributed by atoms with Crippen molar-refractivity contribution in [2.45, 2.75) is 70.8 Å². The number of aliphatic carboxylic acids is 1. The van der Waals surface area contributed by atoms with Crippen LogP contribution in [0.3, 0.4) is 0 Å². The summed E-state index contributed by atoms with van der Waals surface area (Å²) in [6.07, 6.45) is 6.82. The molecule has 1 aliphatic carbocycles. The van der Waals surface area contributed by atoms with Gasteiger partial charge < -0.3 is 10.4 Å². The molecular weight excluding hydrogens is 332 g/mol. The Labute approximate surface area is 144 Å². The Bertz CT molecular complexity index is 499. The number of carboxylic acids is 1. The maximum atomic E-state index is 12.0.